The molecule has 0 fully saturated rings. The lowest BCUT2D eigenvalue weighted by molar-refractivity contribution is 0.102. The van der Waals surface area contributed by atoms with Crippen molar-refractivity contribution in [2.24, 2.45) is 0 Å². The van der Waals surface area contributed by atoms with E-state index >= 15 is 0 Å². The molecule has 0 aliphatic heterocycles. The molecule has 0 saturated carbocycles. The molecule has 0 saturated heterocycles. The first kappa shape index (κ1) is 19.5. The van der Waals surface area contributed by atoms with Crippen LogP contribution < -0.4 is 10.1 Å². The molecule has 0 bridgehead atoms. The number of anilines is 1. The molecule has 2 aromatic carbocycles. The Balaban J connectivity index is 1.36. The Labute approximate surface area is 183 Å². The predicted octanol–water partition coefficient (Wildman–Crippen LogP) is 4.46. The molecule has 5 rings (SSSR count). The maximum atomic E-state index is 12.9. The minimum absolute atomic E-state index is 0.241. The number of nitrogens with one attached hydrogen (secondary N) is 2. The number of para-hydroxylation sites is 1. The minimum Gasteiger partial charge on any atom is -0.497 e. The summed E-state index contributed by atoms with van der Waals surface area (Å²) in [6, 6.07) is 18.6. The molecule has 158 valence electrons. The van der Waals surface area contributed by atoms with Gasteiger partial charge in [-0.25, -0.2) is 0 Å². The Morgan fingerprint density at radius 1 is 1.12 bits per heavy atom. The lowest BCUT2D eigenvalue weighted by atomic mass is 10.1. The Bertz CT molecular complexity index is 1390. The fourth-order valence-corrected chi connectivity index (χ4v) is 3.44. The van der Waals surface area contributed by atoms with Crippen LogP contribution in [0.4, 0.5) is 5.69 Å². The van der Waals surface area contributed by atoms with E-state index in [1.54, 1.807) is 19.5 Å². The van der Waals surface area contributed by atoms with E-state index in [0.717, 1.165) is 27.8 Å². The fraction of sp³-hybridized carbons (Fsp3) is 0.0833. The molecule has 0 aliphatic rings. The summed E-state index contributed by atoms with van der Waals surface area (Å²) in [5, 5.41) is 7.93. The summed E-state index contributed by atoms with van der Waals surface area (Å²) < 4.78 is 10.7. The van der Waals surface area contributed by atoms with E-state index in [2.05, 4.69) is 25.4 Å². The number of hydrogen-bond donors (Lipinski definition) is 2. The minimum atomic E-state index is -0.241. The van der Waals surface area contributed by atoms with Gasteiger partial charge in [0.05, 0.1) is 13.5 Å². The van der Waals surface area contributed by atoms with Crippen molar-refractivity contribution < 1.29 is 14.1 Å². The summed E-state index contributed by atoms with van der Waals surface area (Å²) in [7, 11) is 1.61. The van der Waals surface area contributed by atoms with Gasteiger partial charge in [0.15, 0.2) is 0 Å². The van der Waals surface area contributed by atoms with Crippen LogP contribution in [0.25, 0.3) is 22.3 Å². The number of hydrogen-bond acceptors (Lipinski definition) is 6. The molecule has 3 aromatic heterocycles. The third kappa shape index (κ3) is 3.93. The van der Waals surface area contributed by atoms with E-state index in [1.165, 1.54) is 0 Å². The van der Waals surface area contributed by atoms with Crippen molar-refractivity contribution in [1.29, 1.82) is 0 Å². The van der Waals surface area contributed by atoms with Crippen molar-refractivity contribution in [3.8, 4) is 17.1 Å². The summed E-state index contributed by atoms with van der Waals surface area (Å²) in [4.78, 5) is 24.6. The van der Waals surface area contributed by atoms with Gasteiger partial charge in [-0.05, 0) is 42.0 Å². The first-order valence-electron chi connectivity index (χ1n) is 9.98. The highest BCUT2D eigenvalue weighted by molar-refractivity contribution is 6.06. The average Bonchev–Trinajstić information content (AvgIpc) is 3.47. The summed E-state index contributed by atoms with van der Waals surface area (Å²) in [6.45, 7) is 0. The van der Waals surface area contributed by atoms with Gasteiger partial charge in [0.2, 0.25) is 11.7 Å². The zero-order valence-electron chi connectivity index (χ0n) is 17.2. The zero-order chi connectivity index (χ0) is 21.9. The summed E-state index contributed by atoms with van der Waals surface area (Å²) in [5.41, 5.74) is 3.60. The number of aromatic amines is 1. The molecule has 1 amide bonds. The first-order chi connectivity index (χ1) is 15.7. The molecule has 5 aromatic rings. The second-order valence-electron chi connectivity index (χ2n) is 7.18. The van der Waals surface area contributed by atoms with Crippen molar-refractivity contribution in [2.75, 3.05) is 12.4 Å². The van der Waals surface area contributed by atoms with Gasteiger partial charge < -0.3 is 19.6 Å². The number of H-pyrrole nitrogens is 1. The number of benzene rings is 2. The van der Waals surface area contributed by atoms with Crippen molar-refractivity contribution in [1.82, 2.24) is 20.1 Å². The Hall–Kier alpha value is -4.46. The van der Waals surface area contributed by atoms with Crippen molar-refractivity contribution in [3.05, 3.63) is 90.2 Å². The van der Waals surface area contributed by atoms with Crippen molar-refractivity contribution >= 4 is 22.5 Å². The summed E-state index contributed by atoms with van der Waals surface area (Å²) in [5.74, 6) is 1.41. The standard InChI is InChI=1S/C24H19N5O3/c1-31-18-9-8-16-11-21(26-20(16)13-18)24(30)27-19-7-3-2-5-15(19)12-22-28-23(29-32-22)17-6-4-10-25-14-17/h2-11,13-14,26H,12H2,1H3,(H,27,30). The largest absolute Gasteiger partial charge is 0.497 e. The molecule has 0 atom stereocenters. The van der Waals surface area contributed by atoms with E-state index in [4.69, 9.17) is 9.26 Å². The van der Waals surface area contributed by atoms with Crippen molar-refractivity contribution in [2.45, 2.75) is 6.42 Å². The summed E-state index contributed by atoms with van der Waals surface area (Å²) >= 11 is 0. The number of carbonyl (C=O) groups is 1. The van der Waals surface area contributed by atoms with Crippen LogP contribution in [0.3, 0.4) is 0 Å². The maximum absolute atomic E-state index is 12.9. The molecule has 3 heterocycles. The Morgan fingerprint density at radius 2 is 2.03 bits per heavy atom. The number of amides is 1. The molecule has 32 heavy (non-hydrogen) atoms. The number of rotatable bonds is 6. The number of pyridine rings is 1. The highest BCUT2D eigenvalue weighted by Gasteiger charge is 2.15. The third-order valence-corrected chi connectivity index (χ3v) is 5.07. The van der Waals surface area contributed by atoms with Crippen LogP contribution in [-0.2, 0) is 6.42 Å². The third-order valence-electron chi connectivity index (χ3n) is 5.07. The van der Waals surface area contributed by atoms with Gasteiger partial charge in [0, 0.05) is 40.6 Å². The van der Waals surface area contributed by atoms with Crippen LogP contribution in [0.2, 0.25) is 0 Å². The van der Waals surface area contributed by atoms with Crippen LogP contribution in [0.1, 0.15) is 21.9 Å². The molecule has 8 nitrogen and oxygen atoms in total. The Kier molecular flexibility index (Phi) is 5.09. The fourth-order valence-electron chi connectivity index (χ4n) is 3.44. The van der Waals surface area contributed by atoms with E-state index < -0.39 is 0 Å². The molecule has 0 radical (unpaired) electrons. The van der Waals surface area contributed by atoms with Crippen LogP contribution in [0, 0.1) is 0 Å². The number of aromatic nitrogens is 4. The smallest absolute Gasteiger partial charge is 0.272 e. The van der Waals surface area contributed by atoms with Gasteiger partial charge in [-0.3, -0.25) is 9.78 Å². The van der Waals surface area contributed by atoms with Gasteiger partial charge in [0.1, 0.15) is 11.4 Å². The Morgan fingerprint density at radius 3 is 2.88 bits per heavy atom. The molecule has 8 heteroatoms. The normalized spacial score (nSPS) is 10.9. The highest BCUT2D eigenvalue weighted by Crippen LogP contribution is 2.24. The molecular weight excluding hydrogens is 406 g/mol. The molecule has 0 unspecified atom stereocenters. The topological polar surface area (TPSA) is 106 Å². The number of ether oxygens (including phenoxy) is 1. The first-order valence-corrected chi connectivity index (χ1v) is 9.98. The molecule has 0 aliphatic carbocycles. The monoisotopic (exact) mass is 425 g/mol. The van der Waals surface area contributed by atoms with Gasteiger partial charge in [-0.1, -0.05) is 23.4 Å². The van der Waals surface area contributed by atoms with Gasteiger partial charge >= 0.3 is 0 Å². The number of methoxy groups -OCH3 is 1. The van der Waals surface area contributed by atoms with Crippen LogP contribution in [-0.4, -0.2) is 33.1 Å². The van der Waals surface area contributed by atoms with Gasteiger partial charge in [0.25, 0.3) is 5.91 Å². The SMILES string of the molecule is COc1ccc2cc(C(=O)Nc3ccccc3Cc3nc(-c4cccnc4)no3)[nH]c2c1. The highest BCUT2D eigenvalue weighted by atomic mass is 16.5. The lowest BCUT2D eigenvalue weighted by Crippen LogP contribution is -2.13. The second-order valence-corrected chi connectivity index (χ2v) is 7.18. The van der Waals surface area contributed by atoms with Crippen LogP contribution in [0.15, 0.2) is 77.6 Å². The van der Waals surface area contributed by atoms with E-state index in [-0.39, 0.29) is 5.91 Å². The van der Waals surface area contributed by atoms with Gasteiger partial charge in [-0.2, -0.15) is 4.98 Å². The lowest BCUT2D eigenvalue weighted by Gasteiger charge is -2.09. The zero-order valence-corrected chi connectivity index (χ0v) is 17.2. The van der Waals surface area contributed by atoms with Gasteiger partial charge in [-0.15, -0.1) is 0 Å². The number of fused-ring (bicyclic) bond motifs is 1. The second kappa shape index (κ2) is 8.35. The number of carbonyl (C=O) groups excluding carboxylic acids is 1. The van der Waals surface area contributed by atoms with Crippen LogP contribution >= 0.6 is 0 Å². The quantitative estimate of drug-likeness (QED) is 0.416. The maximum Gasteiger partial charge on any atom is 0.272 e. The molecule has 0 spiro atoms. The van der Waals surface area contributed by atoms with E-state index in [1.807, 2.05) is 60.7 Å². The molecular formula is C24H19N5O3. The molecule has 2 N–H and O–H groups in total. The summed E-state index contributed by atoms with van der Waals surface area (Å²) in [6.07, 6.45) is 3.75. The number of nitrogens with zero attached hydrogens (tertiary/aromatic N) is 3. The van der Waals surface area contributed by atoms with Crippen molar-refractivity contribution in [3.63, 3.8) is 0 Å². The average molecular weight is 425 g/mol. The van der Waals surface area contributed by atoms with E-state index in [0.29, 0.717) is 29.5 Å². The van der Waals surface area contributed by atoms with Crippen LogP contribution in [0.5, 0.6) is 5.75 Å². The van der Waals surface area contributed by atoms with E-state index in [9.17, 15) is 4.79 Å². The predicted molar refractivity (Wildman–Crippen MR) is 120 cm³/mol.